The molecule has 0 aliphatic rings. The first kappa shape index (κ1) is 20.6. The predicted molar refractivity (Wildman–Crippen MR) is 110 cm³/mol. The fourth-order valence-electron chi connectivity index (χ4n) is 2.81. The number of hydrogen-bond acceptors (Lipinski definition) is 6. The number of nitro groups is 1. The predicted octanol–water partition coefficient (Wildman–Crippen LogP) is 3.07. The van der Waals surface area contributed by atoms with Gasteiger partial charge in [0.15, 0.2) is 0 Å². The first-order valence-corrected chi connectivity index (χ1v) is 8.88. The van der Waals surface area contributed by atoms with Crippen LogP contribution in [0.1, 0.15) is 15.9 Å². The summed E-state index contributed by atoms with van der Waals surface area (Å²) in [4.78, 5) is 35.2. The molecule has 0 atom stereocenters. The Bertz CT molecular complexity index is 1140. The van der Waals surface area contributed by atoms with E-state index in [1.54, 1.807) is 30.3 Å². The van der Waals surface area contributed by atoms with Gasteiger partial charge in [-0.25, -0.2) is 0 Å². The molecule has 154 valence electrons. The maximum absolute atomic E-state index is 12.7. The number of nitrogens with zero attached hydrogens (tertiary/aromatic N) is 2. The topological polar surface area (TPSA) is 113 Å². The lowest BCUT2D eigenvalue weighted by Crippen LogP contribution is -2.22. The minimum absolute atomic E-state index is 0.0346. The molecule has 3 rings (SSSR count). The first-order chi connectivity index (χ1) is 14.4. The summed E-state index contributed by atoms with van der Waals surface area (Å²) < 4.78 is 11.8. The molecule has 9 heteroatoms. The van der Waals surface area contributed by atoms with E-state index >= 15 is 0 Å². The zero-order valence-electron chi connectivity index (χ0n) is 16.3. The van der Waals surface area contributed by atoms with Crippen LogP contribution in [0, 0.1) is 10.1 Å². The average Bonchev–Trinajstić information content (AvgIpc) is 2.75. The van der Waals surface area contributed by atoms with Gasteiger partial charge < -0.3 is 19.4 Å². The number of hydrogen-bond donors (Lipinski definition) is 1. The zero-order valence-corrected chi connectivity index (χ0v) is 16.3. The number of anilines is 1. The molecule has 3 aromatic rings. The summed E-state index contributed by atoms with van der Waals surface area (Å²) in [6.45, 7) is 0.170. The summed E-state index contributed by atoms with van der Waals surface area (Å²) in [5.74, 6) is 0.597. The second-order valence-electron chi connectivity index (χ2n) is 6.33. The molecule has 30 heavy (non-hydrogen) atoms. The van der Waals surface area contributed by atoms with Crippen LogP contribution in [0.15, 0.2) is 65.6 Å². The van der Waals surface area contributed by atoms with Gasteiger partial charge in [-0.3, -0.25) is 19.7 Å². The number of nitro benzene ring substituents is 1. The maximum Gasteiger partial charge on any atom is 0.269 e. The molecule has 0 aliphatic heterocycles. The molecule has 1 amide bonds. The Hall–Kier alpha value is -4.14. The van der Waals surface area contributed by atoms with E-state index in [0.717, 1.165) is 0 Å². The molecule has 0 aliphatic carbocycles. The van der Waals surface area contributed by atoms with Crippen molar-refractivity contribution >= 4 is 17.3 Å². The largest absolute Gasteiger partial charge is 0.497 e. The van der Waals surface area contributed by atoms with Crippen molar-refractivity contribution in [2.24, 2.45) is 0 Å². The standard InChI is InChI=1S/C21H19N3O6/c1-29-17-8-9-18(19(11-17)30-2)22-21(26)15-5-10-20(25)23(13-15)12-14-3-6-16(7-4-14)24(27)28/h3-11,13H,12H2,1-2H3,(H,22,26). The number of rotatable bonds is 7. The third kappa shape index (κ3) is 4.64. The highest BCUT2D eigenvalue weighted by molar-refractivity contribution is 6.04. The van der Waals surface area contributed by atoms with Crippen LogP contribution in [0.4, 0.5) is 11.4 Å². The molecular weight excluding hydrogens is 390 g/mol. The molecule has 0 radical (unpaired) electrons. The number of methoxy groups -OCH3 is 2. The fourth-order valence-corrected chi connectivity index (χ4v) is 2.81. The number of amides is 1. The van der Waals surface area contributed by atoms with Crippen LogP contribution in [-0.2, 0) is 6.54 Å². The molecule has 1 aromatic heterocycles. The molecule has 0 bridgehead atoms. The van der Waals surface area contributed by atoms with Gasteiger partial charge in [-0.05, 0) is 23.8 Å². The van der Waals surface area contributed by atoms with Gasteiger partial charge in [0, 0.05) is 30.5 Å². The lowest BCUT2D eigenvalue weighted by atomic mass is 10.2. The average molecular weight is 409 g/mol. The van der Waals surface area contributed by atoms with E-state index in [9.17, 15) is 19.7 Å². The molecule has 9 nitrogen and oxygen atoms in total. The van der Waals surface area contributed by atoms with Crippen molar-refractivity contribution in [2.45, 2.75) is 6.54 Å². The second kappa shape index (κ2) is 8.91. The molecule has 0 spiro atoms. The number of non-ortho nitro benzene ring substituents is 1. The Morgan fingerprint density at radius 2 is 1.80 bits per heavy atom. The van der Waals surface area contributed by atoms with Crippen molar-refractivity contribution in [1.82, 2.24) is 4.57 Å². The lowest BCUT2D eigenvalue weighted by Gasteiger charge is -2.12. The number of ether oxygens (including phenoxy) is 2. The van der Waals surface area contributed by atoms with Crippen LogP contribution in [-0.4, -0.2) is 29.6 Å². The van der Waals surface area contributed by atoms with Crippen LogP contribution in [0.3, 0.4) is 0 Å². The maximum atomic E-state index is 12.7. The number of pyridine rings is 1. The quantitative estimate of drug-likeness (QED) is 0.474. The Balaban J connectivity index is 1.81. The van der Waals surface area contributed by atoms with Crippen LogP contribution in [0.25, 0.3) is 0 Å². The SMILES string of the molecule is COc1ccc(NC(=O)c2ccc(=O)n(Cc3ccc([N+](=O)[O-])cc3)c2)c(OC)c1. The van der Waals surface area contributed by atoms with Crippen LogP contribution in [0.5, 0.6) is 11.5 Å². The molecular formula is C21H19N3O6. The third-order valence-electron chi connectivity index (χ3n) is 4.40. The molecule has 2 aromatic carbocycles. The highest BCUT2D eigenvalue weighted by atomic mass is 16.6. The van der Waals surface area contributed by atoms with Crippen molar-refractivity contribution in [3.63, 3.8) is 0 Å². The van der Waals surface area contributed by atoms with E-state index < -0.39 is 10.8 Å². The van der Waals surface area contributed by atoms with Crippen LogP contribution >= 0.6 is 0 Å². The van der Waals surface area contributed by atoms with Crippen molar-refractivity contribution in [2.75, 3.05) is 19.5 Å². The lowest BCUT2D eigenvalue weighted by molar-refractivity contribution is -0.384. The van der Waals surface area contributed by atoms with Gasteiger partial charge in [0.25, 0.3) is 17.2 Å². The van der Waals surface area contributed by atoms with E-state index in [-0.39, 0.29) is 23.4 Å². The van der Waals surface area contributed by atoms with Gasteiger partial charge in [0.2, 0.25) is 0 Å². The van der Waals surface area contributed by atoms with Crippen molar-refractivity contribution in [3.05, 3.63) is 92.4 Å². The summed E-state index contributed by atoms with van der Waals surface area (Å²) in [6, 6.07) is 13.6. The Kier molecular flexibility index (Phi) is 6.11. The van der Waals surface area contributed by atoms with Gasteiger partial charge in [0.05, 0.1) is 36.9 Å². The summed E-state index contributed by atoms with van der Waals surface area (Å²) >= 11 is 0. The molecule has 0 unspecified atom stereocenters. The highest BCUT2D eigenvalue weighted by Gasteiger charge is 2.13. The number of nitrogens with one attached hydrogen (secondary N) is 1. The fraction of sp³-hybridized carbons (Fsp3) is 0.143. The van der Waals surface area contributed by atoms with Crippen molar-refractivity contribution in [3.8, 4) is 11.5 Å². The van der Waals surface area contributed by atoms with E-state index in [0.29, 0.717) is 22.7 Å². The smallest absolute Gasteiger partial charge is 0.269 e. The number of aromatic nitrogens is 1. The van der Waals surface area contributed by atoms with E-state index in [1.807, 2.05) is 0 Å². The van der Waals surface area contributed by atoms with Crippen molar-refractivity contribution < 1.29 is 19.2 Å². The van der Waals surface area contributed by atoms with E-state index in [1.165, 1.54) is 49.2 Å². The highest BCUT2D eigenvalue weighted by Crippen LogP contribution is 2.29. The molecule has 0 saturated heterocycles. The van der Waals surface area contributed by atoms with Crippen LogP contribution in [0.2, 0.25) is 0 Å². The normalized spacial score (nSPS) is 10.3. The summed E-state index contributed by atoms with van der Waals surface area (Å²) in [6.07, 6.45) is 1.44. The van der Waals surface area contributed by atoms with Gasteiger partial charge in [-0.15, -0.1) is 0 Å². The minimum atomic E-state index is -0.492. The minimum Gasteiger partial charge on any atom is -0.497 e. The molecule has 1 N–H and O–H groups in total. The Labute approximate surface area is 171 Å². The summed E-state index contributed by atoms with van der Waals surface area (Å²) in [7, 11) is 3.01. The molecule has 0 fully saturated rings. The van der Waals surface area contributed by atoms with Crippen LogP contribution < -0.4 is 20.3 Å². The number of carbonyl (C=O) groups excluding carboxylic acids is 1. The van der Waals surface area contributed by atoms with E-state index in [4.69, 9.17) is 9.47 Å². The van der Waals surface area contributed by atoms with Crippen molar-refractivity contribution in [1.29, 1.82) is 0 Å². The zero-order chi connectivity index (χ0) is 21.7. The Morgan fingerprint density at radius 3 is 2.43 bits per heavy atom. The summed E-state index contributed by atoms with van der Waals surface area (Å²) in [5.41, 5.74) is 1.09. The van der Waals surface area contributed by atoms with Gasteiger partial charge in [-0.2, -0.15) is 0 Å². The first-order valence-electron chi connectivity index (χ1n) is 8.88. The molecule has 0 saturated carbocycles. The second-order valence-corrected chi connectivity index (χ2v) is 6.33. The monoisotopic (exact) mass is 409 g/mol. The number of carbonyl (C=O) groups is 1. The van der Waals surface area contributed by atoms with Gasteiger partial charge in [0.1, 0.15) is 11.5 Å². The summed E-state index contributed by atoms with van der Waals surface area (Å²) in [5, 5.41) is 13.5. The van der Waals surface area contributed by atoms with Gasteiger partial charge >= 0.3 is 0 Å². The Morgan fingerprint density at radius 1 is 1.07 bits per heavy atom. The molecule has 1 heterocycles. The van der Waals surface area contributed by atoms with Gasteiger partial charge in [-0.1, -0.05) is 12.1 Å². The van der Waals surface area contributed by atoms with E-state index in [2.05, 4.69) is 5.32 Å². The number of benzene rings is 2. The third-order valence-corrected chi connectivity index (χ3v) is 4.40.